The minimum Gasteiger partial charge on any atom is -0.412 e. The molecule has 0 fully saturated rings. The lowest BCUT2D eigenvalue weighted by atomic mass is 10.2. The second kappa shape index (κ2) is 6.94. The molecular weight excluding hydrogens is 275 g/mol. The van der Waals surface area contributed by atoms with Gasteiger partial charge in [-0.3, -0.25) is 4.79 Å². The largest absolute Gasteiger partial charge is 0.412 e. The summed E-state index contributed by atoms with van der Waals surface area (Å²) in [6.45, 7) is 1.40. The topological polar surface area (TPSA) is 71.3 Å². The highest BCUT2D eigenvalue weighted by Gasteiger charge is 2.15. The van der Waals surface area contributed by atoms with Gasteiger partial charge in [-0.15, -0.1) is 10.2 Å². The number of carbonyl (C=O) groups excluding carboxylic acids is 1. The quantitative estimate of drug-likeness (QED) is 0.818. The van der Waals surface area contributed by atoms with Gasteiger partial charge in [-0.25, -0.2) is 4.39 Å². The van der Waals surface area contributed by atoms with Gasteiger partial charge in [0.05, 0.1) is 0 Å². The first-order chi connectivity index (χ1) is 10.1. The molecule has 7 heteroatoms. The fraction of sp³-hybridized carbons (Fsp3) is 0.357. The zero-order chi connectivity index (χ0) is 15.2. The molecule has 0 bridgehead atoms. The number of halogens is 1. The van der Waals surface area contributed by atoms with Crippen molar-refractivity contribution in [2.75, 3.05) is 27.2 Å². The molecule has 1 aromatic carbocycles. The number of amides is 1. The third kappa shape index (κ3) is 4.35. The SMILES string of the molecule is CN(C)CCCNC(=O)c1nnc(-c2cccc(F)c2)o1. The van der Waals surface area contributed by atoms with Crippen molar-refractivity contribution in [3.8, 4) is 11.5 Å². The fourth-order valence-electron chi connectivity index (χ4n) is 1.73. The Labute approximate surface area is 122 Å². The minimum absolute atomic E-state index is 0.118. The summed E-state index contributed by atoms with van der Waals surface area (Å²) in [5.74, 6) is -0.837. The van der Waals surface area contributed by atoms with Gasteiger partial charge in [-0.05, 0) is 45.3 Å². The second-order valence-electron chi connectivity index (χ2n) is 4.84. The number of benzene rings is 1. The average molecular weight is 292 g/mol. The number of rotatable bonds is 6. The summed E-state index contributed by atoms with van der Waals surface area (Å²) in [5, 5.41) is 10.1. The second-order valence-corrected chi connectivity index (χ2v) is 4.84. The van der Waals surface area contributed by atoms with Gasteiger partial charge in [0, 0.05) is 12.1 Å². The van der Waals surface area contributed by atoms with Crippen LogP contribution in [-0.2, 0) is 0 Å². The van der Waals surface area contributed by atoms with Crippen LogP contribution in [0.15, 0.2) is 28.7 Å². The summed E-state index contributed by atoms with van der Waals surface area (Å²) in [6, 6.07) is 5.76. The molecule has 0 unspecified atom stereocenters. The molecule has 1 heterocycles. The van der Waals surface area contributed by atoms with Crippen LogP contribution in [0.1, 0.15) is 17.1 Å². The number of hydrogen-bond acceptors (Lipinski definition) is 5. The van der Waals surface area contributed by atoms with Gasteiger partial charge in [-0.2, -0.15) is 0 Å². The van der Waals surface area contributed by atoms with Gasteiger partial charge in [0.2, 0.25) is 5.89 Å². The molecule has 1 amide bonds. The van der Waals surface area contributed by atoms with E-state index in [1.807, 2.05) is 19.0 Å². The van der Waals surface area contributed by atoms with Gasteiger partial charge in [0.1, 0.15) is 5.82 Å². The van der Waals surface area contributed by atoms with E-state index in [9.17, 15) is 9.18 Å². The van der Waals surface area contributed by atoms with Gasteiger partial charge < -0.3 is 14.6 Å². The van der Waals surface area contributed by atoms with Crippen LogP contribution in [0.3, 0.4) is 0 Å². The van der Waals surface area contributed by atoms with E-state index >= 15 is 0 Å². The van der Waals surface area contributed by atoms with Crippen LogP contribution in [0, 0.1) is 5.82 Å². The zero-order valence-corrected chi connectivity index (χ0v) is 12.0. The summed E-state index contributed by atoms with van der Waals surface area (Å²) in [4.78, 5) is 13.8. The molecule has 0 spiro atoms. The Balaban J connectivity index is 1.95. The first-order valence-electron chi connectivity index (χ1n) is 6.58. The summed E-state index contributed by atoms with van der Waals surface area (Å²) in [6.07, 6.45) is 0.823. The molecule has 1 aromatic heterocycles. The maximum absolute atomic E-state index is 13.1. The molecule has 0 aliphatic carbocycles. The molecule has 0 atom stereocenters. The smallest absolute Gasteiger partial charge is 0.308 e. The molecule has 112 valence electrons. The number of aromatic nitrogens is 2. The van der Waals surface area contributed by atoms with Crippen molar-refractivity contribution in [1.29, 1.82) is 0 Å². The molecule has 2 aromatic rings. The van der Waals surface area contributed by atoms with Crippen molar-refractivity contribution < 1.29 is 13.6 Å². The van der Waals surface area contributed by atoms with Crippen LogP contribution in [0.2, 0.25) is 0 Å². The summed E-state index contributed by atoms with van der Waals surface area (Å²) >= 11 is 0. The van der Waals surface area contributed by atoms with E-state index in [0.29, 0.717) is 12.1 Å². The van der Waals surface area contributed by atoms with Crippen LogP contribution in [0.4, 0.5) is 4.39 Å². The first-order valence-corrected chi connectivity index (χ1v) is 6.58. The van der Waals surface area contributed by atoms with Crippen LogP contribution in [0.25, 0.3) is 11.5 Å². The fourth-order valence-corrected chi connectivity index (χ4v) is 1.73. The Morgan fingerprint density at radius 2 is 2.19 bits per heavy atom. The Hall–Kier alpha value is -2.28. The van der Waals surface area contributed by atoms with Crippen molar-refractivity contribution in [2.45, 2.75) is 6.42 Å². The van der Waals surface area contributed by atoms with E-state index < -0.39 is 11.7 Å². The monoisotopic (exact) mass is 292 g/mol. The van der Waals surface area contributed by atoms with Crippen LogP contribution in [-0.4, -0.2) is 48.2 Å². The van der Waals surface area contributed by atoms with Crippen molar-refractivity contribution in [2.24, 2.45) is 0 Å². The number of carbonyl (C=O) groups is 1. The highest BCUT2D eigenvalue weighted by atomic mass is 19.1. The van der Waals surface area contributed by atoms with E-state index in [1.54, 1.807) is 6.07 Å². The lowest BCUT2D eigenvalue weighted by molar-refractivity contribution is 0.0918. The Morgan fingerprint density at radius 1 is 1.38 bits per heavy atom. The number of hydrogen-bond donors (Lipinski definition) is 1. The third-order valence-corrected chi connectivity index (χ3v) is 2.76. The average Bonchev–Trinajstić information content (AvgIpc) is 2.93. The Kier molecular flexibility index (Phi) is 4.99. The first kappa shape index (κ1) is 15.1. The van der Waals surface area contributed by atoms with Crippen molar-refractivity contribution in [3.63, 3.8) is 0 Å². The Morgan fingerprint density at radius 3 is 2.90 bits per heavy atom. The lowest BCUT2D eigenvalue weighted by Crippen LogP contribution is -2.27. The molecule has 0 aliphatic rings. The van der Waals surface area contributed by atoms with E-state index in [1.165, 1.54) is 18.2 Å². The van der Waals surface area contributed by atoms with Crippen molar-refractivity contribution >= 4 is 5.91 Å². The summed E-state index contributed by atoms with van der Waals surface area (Å²) in [7, 11) is 3.93. The number of nitrogens with one attached hydrogen (secondary N) is 1. The lowest BCUT2D eigenvalue weighted by Gasteiger charge is -2.08. The molecule has 0 saturated heterocycles. The molecular formula is C14H17FN4O2. The highest BCUT2D eigenvalue weighted by molar-refractivity contribution is 5.89. The molecule has 1 N–H and O–H groups in total. The van der Waals surface area contributed by atoms with Gasteiger partial charge in [-0.1, -0.05) is 6.07 Å². The summed E-state index contributed by atoms with van der Waals surface area (Å²) < 4.78 is 18.4. The molecule has 0 saturated carbocycles. The van der Waals surface area contributed by atoms with E-state index in [4.69, 9.17) is 4.42 Å². The zero-order valence-electron chi connectivity index (χ0n) is 12.0. The van der Waals surface area contributed by atoms with Crippen LogP contribution in [0.5, 0.6) is 0 Å². The molecule has 6 nitrogen and oxygen atoms in total. The molecule has 0 radical (unpaired) electrons. The highest BCUT2D eigenvalue weighted by Crippen LogP contribution is 2.18. The molecule has 21 heavy (non-hydrogen) atoms. The maximum atomic E-state index is 13.1. The van der Waals surface area contributed by atoms with Gasteiger partial charge in [0.15, 0.2) is 0 Å². The Bertz CT molecular complexity index is 613. The molecule has 0 aliphatic heterocycles. The van der Waals surface area contributed by atoms with Crippen molar-refractivity contribution in [1.82, 2.24) is 20.4 Å². The standard InChI is InChI=1S/C14H17FN4O2/c1-19(2)8-4-7-16-12(20)14-18-17-13(21-14)10-5-3-6-11(15)9-10/h3,5-6,9H,4,7-8H2,1-2H3,(H,16,20). The van der Waals surface area contributed by atoms with Gasteiger partial charge in [0.25, 0.3) is 0 Å². The van der Waals surface area contributed by atoms with E-state index in [-0.39, 0.29) is 11.8 Å². The molecule has 2 rings (SSSR count). The third-order valence-electron chi connectivity index (χ3n) is 2.76. The predicted octanol–water partition coefficient (Wildman–Crippen LogP) is 1.56. The van der Waals surface area contributed by atoms with Crippen LogP contribution < -0.4 is 5.32 Å². The number of nitrogens with zero attached hydrogens (tertiary/aromatic N) is 3. The van der Waals surface area contributed by atoms with E-state index in [2.05, 4.69) is 15.5 Å². The summed E-state index contributed by atoms with van der Waals surface area (Å²) in [5.41, 5.74) is 0.439. The minimum atomic E-state index is -0.427. The normalized spacial score (nSPS) is 10.9. The van der Waals surface area contributed by atoms with Gasteiger partial charge >= 0.3 is 11.8 Å². The maximum Gasteiger partial charge on any atom is 0.308 e. The van der Waals surface area contributed by atoms with Crippen LogP contribution >= 0.6 is 0 Å². The predicted molar refractivity (Wildman–Crippen MR) is 75.2 cm³/mol. The van der Waals surface area contributed by atoms with E-state index in [0.717, 1.165) is 13.0 Å². The van der Waals surface area contributed by atoms with Crippen molar-refractivity contribution in [3.05, 3.63) is 36.0 Å².